The first kappa shape index (κ1) is 15.8. The average molecular weight is 247 g/mol. The first-order chi connectivity index (χ1) is 7.42. The molecule has 0 radical (unpaired) electrons. The molecule has 96 valence electrons. The monoisotopic (exact) mass is 247 g/mol. The Hall–Kier alpha value is -0.220. The summed E-state index contributed by atoms with van der Waals surface area (Å²) in [6.07, 6.45) is 4.33. The first-order valence-corrected chi connectivity index (χ1v) is 7.16. The smallest absolute Gasteiger partial charge is 0.307 e. The number of thioether (sulfide) groups is 1. The van der Waals surface area contributed by atoms with E-state index in [0.717, 1.165) is 19.4 Å². The van der Waals surface area contributed by atoms with Crippen molar-refractivity contribution >= 4 is 17.7 Å². The number of hydrogen-bond donors (Lipinski definition) is 2. The second-order valence-corrected chi connectivity index (χ2v) is 5.67. The highest BCUT2D eigenvalue weighted by Gasteiger charge is 2.27. The third kappa shape index (κ3) is 4.34. The van der Waals surface area contributed by atoms with Gasteiger partial charge in [-0.1, -0.05) is 20.8 Å². The summed E-state index contributed by atoms with van der Waals surface area (Å²) in [7, 11) is 0. The summed E-state index contributed by atoms with van der Waals surface area (Å²) in [5.74, 6) is -1.07. The normalized spacial score (nSPS) is 15.8. The minimum atomic E-state index is -0.734. The fourth-order valence-electron chi connectivity index (χ4n) is 1.60. The highest BCUT2D eigenvalue weighted by molar-refractivity contribution is 8.00. The van der Waals surface area contributed by atoms with Crippen LogP contribution < -0.4 is 5.32 Å². The molecule has 4 heteroatoms. The van der Waals surface area contributed by atoms with Crippen molar-refractivity contribution in [2.75, 3.05) is 12.8 Å². The summed E-state index contributed by atoms with van der Waals surface area (Å²) in [4.78, 5) is 10.8. The molecule has 0 aliphatic rings. The number of carbonyl (C=O) groups is 1. The first-order valence-electron chi connectivity index (χ1n) is 5.93. The van der Waals surface area contributed by atoms with Gasteiger partial charge in [-0.15, -0.1) is 0 Å². The molecule has 2 N–H and O–H groups in total. The fraction of sp³-hybridized carbons (Fsp3) is 0.917. The van der Waals surface area contributed by atoms with Gasteiger partial charge in [0.2, 0.25) is 0 Å². The van der Waals surface area contributed by atoms with Gasteiger partial charge in [0.1, 0.15) is 0 Å². The van der Waals surface area contributed by atoms with Crippen LogP contribution in [0.1, 0.15) is 40.5 Å². The van der Waals surface area contributed by atoms with Crippen molar-refractivity contribution in [3.05, 3.63) is 0 Å². The van der Waals surface area contributed by atoms with Crippen LogP contribution in [0.3, 0.4) is 0 Å². The van der Waals surface area contributed by atoms with Crippen LogP contribution in [0, 0.1) is 5.92 Å². The van der Waals surface area contributed by atoms with Gasteiger partial charge in [0.15, 0.2) is 0 Å². The topological polar surface area (TPSA) is 49.3 Å². The lowest BCUT2D eigenvalue weighted by atomic mass is 9.99. The number of carboxylic acid groups (broad SMARTS) is 1. The summed E-state index contributed by atoms with van der Waals surface area (Å²) in [5.41, 5.74) is 0. The maximum Gasteiger partial charge on any atom is 0.307 e. The van der Waals surface area contributed by atoms with Crippen molar-refractivity contribution in [1.29, 1.82) is 0 Å². The molecule has 0 aromatic carbocycles. The molecule has 0 saturated heterocycles. The quantitative estimate of drug-likeness (QED) is 0.692. The Kier molecular flexibility index (Phi) is 7.07. The van der Waals surface area contributed by atoms with E-state index in [1.54, 1.807) is 6.92 Å². The number of carboxylic acids is 1. The Balaban J connectivity index is 4.26. The van der Waals surface area contributed by atoms with E-state index < -0.39 is 5.97 Å². The van der Waals surface area contributed by atoms with Crippen LogP contribution in [-0.2, 0) is 4.79 Å². The van der Waals surface area contributed by atoms with Crippen LogP contribution in [-0.4, -0.2) is 34.7 Å². The van der Waals surface area contributed by atoms with Crippen LogP contribution in [0.15, 0.2) is 0 Å². The van der Waals surface area contributed by atoms with E-state index >= 15 is 0 Å². The second-order valence-electron chi connectivity index (χ2n) is 4.39. The number of rotatable bonds is 8. The van der Waals surface area contributed by atoms with Gasteiger partial charge >= 0.3 is 5.97 Å². The van der Waals surface area contributed by atoms with Crippen LogP contribution in [0.25, 0.3) is 0 Å². The molecule has 0 fully saturated rings. The SMILES string of the molecule is CCC(CC)(CNC(C)C(C)C(=O)O)SC. The van der Waals surface area contributed by atoms with Gasteiger partial charge in [0.05, 0.1) is 5.92 Å². The predicted molar refractivity (Wildman–Crippen MR) is 71.1 cm³/mol. The zero-order valence-electron chi connectivity index (χ0n) is 11.0. The molecular formula is C12H25NO2S. The van der Waals surface area contributed by atoms with Crippen LogP contribution >= 0.6 is 11.8 Å². The minimum absolute atomic E-state index is 0.0159. The molecule has 0 spiro atoms. The maximum atomic E-state index is 10.8. The van der Waals surface area contributed by atoms with Gasteiger partial charge in [-0.3, -0.25) is 4.79 Å². The highest BCUT2D eigenvalue weighted by atomic mass is 32.2. The van der Waals surface area contributed by atoms with E-state index in [2.05, 4.69) is 25.4 Å². The highest BCUT2D eigenvalue weighted by Crippen LogP contribution is 2.29. The Labute approximate surface area is 103 Å². The lowest BCUT2D eigenvalue weighted by Crippen LogP contribution is -2.44. The van der Waals surface area contributed by atoms with Crippen molar-refractivity contribution in [3.63, 3.8) is 0 Å². The zero-order valence-corrected chi connectivity index (χ0v) is 11.9. The summed E-state index contributed by atoms with van der Waals surface area (Å²) in [5, 5.41) is 12.3. The van der Waals surface area contributed by atoms with Gasteiger partial charge in [0.25, 0.3) is 0 Å². The van der Waals surface area contributed by atoms with E-state index in [9.17, 15) is 4.79 Å². The molecule has 0 amide bonds. The molecule has 0 aliphatic heterocycles. The molecule has 0 aliphatic carbocycles. The largest absolute Gasteiger partial charge is 0.481 e. The second kappa shape index (κ2) is 7.17. The average Bonchev–Trinajstić information content (AvgIpc) is 2.30. The molecule has 16 heavy (non-hydrogen) atoms. The molecular weight excluding hydrogens is 222 g/mol. The standard InChI is InChI=1S/C12H25NO2S/c1-6-12(7-2,16-5)8-13-10(4)9(3)11(14)15/h9-10,13H,6-8H2,1-5H3,(H,14,15). The molecule has 0 heterocycles. The lowest BCUT2D eigenvalue weighted by molar-refractivity contribution is -0.141. The Morgan fingerprint density at radius 1 is 1.38 bits per heavy atom. The van der Waals surface area contributed by atoms with Crippen molar-refractivity contribution in [1.82, 2.24) is 5.32 Å². The molecule has 3 nitrogen and oxygen atoms in total. The molecule has 2 atom stereocenters. The van der Waals surface area contributed by atoms with Crippen LogP contribution in [0.5, 0.6) is 0 Å². The van der Waals surface area contributed by atoms with Crippen molar-refractivity contribution in [2.45, 2.75) is 51.3 Å². The molecule has 0 bridgehead atoms. The molecule has 2 unspecified atom stereocenters. The van der Waals surface area contributed by atoms with Gasteiger partial charge in [-0.2, -0.15) is 11.8 Å². The minimum Gasteiger partial charge on any atom is -0.481 e. The lowest BCUT2D eigenvalue weighted by Gasteiger charge is -2.32. The molecule has 0 rings (SSSR count). The zero-order chi connectivity index (χ0) is 12.8. The van der Waals surface area contributed by atoms with E-state index in [4.69, 9.17) is 5.11 Å². The summed E-state index contributed by atoms with van der Waals surface area (Å²) in [6, 6.07) is 0.0159. The number of hydrogen-bond acceptors (Lipinski definition) is 3. The fourth-order valence-corrected chi connectivity index (χ4v) is 2.40. The van der Waals surface area contributed by atoms with Gasteiger partial charge in [-0.05, 0) is 26.0 Å². The predicted octanol–water partition coefficient (Wildman–Crippen LogP) is 2.61. The van der Waals surface area contributed by atoms with E-state index in [1.807, 2.05) is 18.7 Å². The van der Waals surface area contributed by atoms with Gasteiger partial charge in [-0.25, -0.2) is 0 Å². The molecule has 0 saturated carbocycles. The molecule has 0 aromatic rings. The van der Waals surface area contributed by atoms with E-state index in [-0.39, 0.29) is 16.7 Å². The Morgan fingerprint density at radius 2 is 1.88 bits per heavy atom. The third-order valence-corrected chi connectivity index (χ3v) is 5.20. The van der Waals surface area contributed by atoms with Crippen LogP contribution in [0.2, 0.25) is 0 Å². The Morgan fingerprint density at radius 3 is 2.19 bits per heavy atom. The number of nitrogens with one attached hydrogen (secondary N) is 1. The summed E-state index contributed by atoms with van der Waals surface area (Å²) >= 11 is 1.87. The Bertz CT molecular complexity index is 209. The van der Waals surface area contributed by atoms with E-state index in [1.165, 1.54) is 0 Å². The maximum absolute atomic E-state index is 10.8. The summed E-state index contributed by atoms with van der Waals surface area (Å²) < 4.78 is 0.243. The molecule has 0 aromatic heterocycles. The van der Waals surface area contributed by atoms with Crippen LogP contribution in [0.4, 0.5) is 0 Å². The summed E-state index contributed by atoms with van der Waals surface area (Å²) in [6.45, 7) is 8.94. The van der Waals surface area contributed by atoms with Gasteiger partial charge < -0.3 is 10.4 Å². The van der Waals surface area contributed by atoms with Crippen molar-refractivity contribution < 1.29 is 9.90 Å². The van der Waals surface area contributed by atoms with Crippen molar-refractivity contribution in [3.8, 4) is 0 Å². The van der Waals surface area contributed by atoms with Gasteiger partial charge in [0, 0.05) is 17.3 Å². The number of aliphatic carboxylic acids is 1. The third-order valence-electron chi connectivity index (χ3n) is 3.61. The van der Waals surface area contributed by atoms with E-state index in [0.29, 0.717) is 0 Å². The van der Waals surface area contributed by atoms with Crippen molar-refractivity contribution in [2.24, 2.45) is 5.92 Å².